The molecule has 0 saturated heterocycles. The molecule has 0 radical (unpaired) electrons. The molecule has 6 nitrogen and oxygen atoms in total. The number of anilines is 4. The van der Waals surface area contributed by atoms with Crippen LogP contribution in [0, 0.1) is 0 Å². The Morgan fingerprint density at radius 1 is 1.04 bits per heavy atom. The van der Waals surface area contributed by atoms with Gasteiger partial charge in [-0.1, -0.05) is 6.07 Å². The fraction of sp³-hybridized carbons (Fsp3) is 0.150. The summed E-state index contributed by atoms with van der Waals surface area (Å²) in [6.45, 7) is 0. The fourth-order valence-electron chi connectivity index (χ4n) is 2.39. The van der Waals surface area contributed by atoms with Crippen molar-refractivity contribution in [3.05, 3.63) is 66.6 Å². The van der Waals surface area contributed by atoms with Crippen LogP contribution < -0.4 is 15.5 Å². The van der Waals surface area contributed by atoms with Gasteiger partial charge in [-0.05, 0) is 42.7 Å². The summed E-state index contributed by atoms with van der Waals surface area (Å²) in [5, 5.41) is 6.10. The van der Waals surface area contributed by atoms with E-state index in [1.807, 2.05) is 43.5 Å². The lowest BCUT2D eigenvalue weighted by atomic mass is 10.2. The highest BCUT2D eigenvalue weighted by atomic mass is 32.2. The number of carbonyl (C=O) groups is 1. The third-order valence-electron chi connectivity index (χ3n) is 3.87. The molecule has 2 heterocycles. The Morgan fingerprint density at radius 2 is 1.89 bits per heavy atom. The molecule has 0 spiro atoms. The summed E-state index contributed by atoms with van der Waals surface area (Å²) in [6, 6.07) is 13.6. The zero-order chi connectivity index (χ0) is 19.2. The summed E-state index contributed by atoms with van der Waals surface area (Å²) in [5.41, 5.74) is 3.19. The summed E-state index contributed by atoms with van der Waals surface area (Å²) < 4.78 is 0. The molecule has 0 aliphatic carbocycles. The van der Waals surface area contributed by atoms with Crippen molar-refractivity contribution in [2.24, 2.45) is 0 Å². The second-order valence-electron chi connectivity index (χ2n) is 6.07. The van der Waals surface area contributed by atoms with Crippen LogP contribution in [0.25, 0.3) is 0 Å². The van der Waals surface area contributed by atoms with E-state index in [-0.39, 0.29) is 5.91 Å². The number of thioether (sulfide) groups is 1. The summed E-state index contributed by atoms with van der Waals surface area (Å²) in [5.74, 6) is 0.241. The quantitative estimate of drug-likeness (QED) is 0.624. The highest BCUT2D eigenvalue weighted by Crippen LogP contribution is 2.22. The molecule has 0 aliphatic rings. The molecule has 7 heteroatoms. The van der Waals surface area contributed by atoms with Crippen molar-refractivity contribution in [2.75, 3.05) is 35.9 Å². The first kappa shape index (κ1) is 18.7. The number of aromatic nitrogens is 2. The lowest BCUT2D eigenvalue weighted by molar-refractivity contribution is 0.102. The van der Waals surface area contributed by atoms with E-state index in [0.717, 1.165) is 17.1 Å². The number of nitrogens with zero attached hydrogens (tertiary/aromatic N) is 3. The van der Waals surface area contributed by atoms with Gasteiger partial charge in [0.1, 0.15) is 5.82 Å². The van der Waals surface area contributed by atoms with Crippen molar-refractivity contribution in [2.45, 2.75) is 4.90 Å². The van der Waals surface area contributed by atoms with Gasteiger partial charge in [0.2, 0.25) is 0 Å². The summed E-state index contributed by atoms with van der Waals surface area (Å²) in [4.78, 5) is 23.9. The van der Waals surface area contributed by atoms with Gasteiger partial charge in [-0.15, -0.1) is 11.8 Å². The van der Waals surface area contributed by atoms with Crippen molar-refractivity contribution in [3.8, 4) is 0 Å². The Morgan fingerprint density at radius 3 is 2.59 bits per heavy atom. The highest BCUT2D eigenvalue weighted by molar-refractivity contribution is 7.98. The number of benzene rings is 1. The van der Waals surface area contributed by atoms with E-state index >= 15 is 0 Å². The molecule has 0 aliphatic heterocycles. The molecule has 3 rings (SSSR count). The zero-order valence-corrected chi connectivity index (χ0v) is 16.2. The van der Waals surface area contributed by atoms with Crippen molar-refractivity contribution < 1.29 is 4.79 Å². The van der Waals surface area contributed by atoms with Crippen LogP contribution in [-0.2, 0) is 0 Å². The van der Waals surface area contributed by atoms with Crippen LogP contribution in [-0.4, -0.2) is 36.2 Å². The Hall–Kier alpha value is -3.06. The van der Waals surface area contributed by atoms with Crippen molar-refractivity contribution >= 4 is 40.5 Å². The van der Waals surface area contributed by atoms with Crippen molar-refractivity contribution in [3.63, 3.8) is 0 Å². The van der Waals surface area contributed by atoms with Gasteiger partial charge in [0.15, 0.2) is 0 Å². The molecule has 1 amide bonds. The number of hydrogen-bond acceptors (Lipinski definition) is 6. The van der Waals surface area contributed by atoms with Crippen molar-refractivity contribution in [1.29, 1.82) is 0 Å². The summed E-state index contributed by atoms with van der Waals surface area (Å²) in [7, 11) is 3.81. The number of pyridine rings is 2. The van der Waals surface area contributed by atoms with Gasteiger partial charge in [0.05, 0.1) is 29.3 Å². The number of amides is 1. The smallest absolute Gasteiger partial charge is 0.258 e. The largest absolute Gasteiger partial charge is 0.376 e. The molecule has 1 aromatic carbocycles. The standard InChI is InChI=1S/C20H21N5OS/c1-25(2)17-9-14(11-21-13-17)20(26)24-19-8-7-16(12-22-19)23-15-5-4-6-18(10-15)27-3/h4-13,23H,1-3H3,(H,22,24,26). The minimum atomic E-state index is -0.243. The van der Waals surface area contributed by atoms with E-state index in [2.05, 4.69) is 32.7 Å². The monoisotopic (exact) mass is 379 g/mol. The Balaban J connectivity index is 1.66. The van der Waals surface area contributed by atoms with Crippen molar-refractivity contribution in [1.82, 2.24) is 9.97 Å². The molecule has 2 aromatic heterocycles. The van der Waals surface area contributed by atoms with E-state index in [9.17, 15) is 4.79 Å². The SMILES string of the molecule is CSc1cccc(Nc2ccc(NC(=O)c3cncc(N(C)C)c3)nc2)c1. The highest BCUT2D eigenvalue weighted by Gasteiger charge is 2.09. The molecule has 2 N–H and O–H groups in total. The molecule has 27 heavy (non-hydrogen) atoms. The molecule has 0 bridgehead atoms. The van der Waals surface area contributed by atoms with Gasteiger partial charge < -0.3 is 15.5 Å². The van der Waals surface area contributed by atoms with E-state index in [1.165, 1.54) is 11.1 Å². The molecular formula is C20H21N5OS. The first-order valence-corrected chi connectivity index (χ1v) is 9.58. The summed E-state index contributed by atoms with van der Waals surface area (Å²) >= 11 is 1.69. The van der Waals surface area contributed by atoms with E-state index in [1.54, 1.807) is 36.3 Å². The lowest BCUT2D eigenvalue weighted by Crippen LogP contribution is -2.15. The number of carbonyl (C=O) groups excluding carboxylic acids is 1. The maximum absolute atomic E-state index is 12.4. The Kier molecular flexibility index (Phi) is 5.93. The van der Waals surface area contributed by atoms with Gasteiger partial charge in [0.25, 0.3) is 5.91 Å². The van der Waals surface area contributed by atoms with E-state index in [4.69, 9.17) is 0 Å². The molecule has 0 fully saturated rings. The average molecular weight is 379 g/mol. The van der Waals surface area contributed by atoms with Gasteiger partial charge in [-0.25, -0.2) is 4.98 Å². The molecule has 3 aromatic rings. The third-order valence-corrected chi connectivity index (χ3v) is 4.59. The Bertz CT molecular complexity index is 928. The number of rotatable bonds is 6. The molecular weight excluding hydrogens is 358 g/mol. The van der Waals surface area contributed by atoms with E-state index < -0.39 is 0 Å². The van der Waals surface area contributed by atoms with Crippen LogP contribution in [0.4, 0.5) is 22.9 Å². The van der Waals surface area contributed by atoms with Crippen LogP contribution in [0.1, 0.15) is 10.4 Å². The second-order valence-corrected chi connectivity index (χ2v) is 6.95. The zero-order valence-electron chi connectivity index (χ0n) is 15.4. The predicted molar refractivity (Wildman–Crippen MR) is 112 cm³/mol. The predicted octanol–water partition coefficient (Wildman–Crippen LogP) is 4.26. The summed E-state index contributed by atoms with van der Waals surface area (Å²) in [6.07, 6.45) is 6.98. The molecule has 0 saturated carbocycles. The van der Waals surface area contributed by atoms with Crippen LogP contribution in [0.3, 0.4) is 0 Å². The Labute approximate surface area is 163 Å². The van der Waals surface area contributed by atoms with Gasteiger partial charge >= 0.3 is 0 Å². The number of hydrogen-bond donors (Lipinski definition) is 2. The second kappa shape index (κ2) is 8.55. The van der Waals surface area contributed by atoms with Gasteiger partial charge in [-0.3, -0.25) is 9.78 Å². The van der Waals surface area contributed by atoms with Crippen LogP contribution >= 0.6 is 11.8 Å². The minimum Gasteiger partial charge on any atom is -0.376 e. The molecule has 138 valence electrons. The maximum atomic E-state index is 12.4. The molecule has 0 unspecified atom stereocenters. The number of nitrogens with one attached hydrogen (secondary N) is 2. The topological polar surface area (TPSA) is 70.2 Å². The minimum absolute atomic E-state index is 0.243. The first-order valence-electron chi connectivity index (χ1n) is 8.36. The molecule has 0 atom stereocenters. The normalized spacial score (nSPS) is 10.3. The maximum Gasteiger partial charge on any atom is 0.258 e. The fourth-order valence-corrected chi connectivity index (χ4v) is 2.85. The van der Waals surface area contributed by atoms with Crippen LogP contribution in [0.15, 0.2) is 66.0 Å². The van der Waals surface area contributed by atoms with E-state index in [0.29, 0.717) is 11.4 Å². The van der Waals surface area contributed by atoms with Crippen LogP contribution in [0.5, 0.6) is 0 Å². The van der Waals surface area contributed by atoms with Gasteiger partial charge in [-0.2, -0.15) is 0 Å². The van der Waals surface area contributed by atoms with Crippen LogP contribution in [0.2, 0.25) is 0 Å². The van der Waals surface area contributed by atoms with Gasteiger partial charge in [0, 0.05) is 30.9 Å². The lowest BCUT2D eigenvalue weighted by Gasteiger charge is -2.13. The first-order chi connectivity index (χ1) is 13.0. The average Bonchev–Trinajstić information content (AvgIpc) is 2.69. The third kappa shape index (κ3) is 4.98.